The summed E-state index contributed by atoms with van der Waals surface area (Å²) in [4.78, 5) is 1.62. The molecule has 12 heavy (non-hydrogen) atoms. The van der Waals surface area contributed by atoms with Crippen molar-refractivity contribution < 1.29 is 0 Å². The van der Waals surface area contributed by atoms with Gasteiger partial charge in [0, 0.05) is 7.05 Å². The molecule has 4 nitrogen and oxygen atoms in total. The highest BCUT2D eigenvalue weighted by Gasteiger charge is 2.16. The molecule has 1 unspecified atom stereocenters. The largest absolute Gasteiger partial charge is 0.309 e. The van der Waals surface area contributed by atoms with Crippen LogP contribution in [0.25, 0.3) is 0 Å². The summed E-state index contributed by atoms with van der Waals surface area (Å²) < 4.78 is 0. The van der Waals surface area contributed by atoms with Gasteiger partial charge in [0.15, 0.2) is 0 Å². The van der Waals surface area contributed by atoms with Crippen LogP contribution >= 0.6 is 0 Å². The quantitative estimate of drug-likeness (QED) is 0.665. The minimum Gasteiger partial charge on any atom is -0.309 e. The Morgan fingerprint density at radius 1 is 1.58 bits per heavy atom. The molecule has 0 bridgehead atoms. The fourth-order valence-electron chi connectivity index (χ4n) is 1.63. The van der Waals surface area contributed by atoms with Crippen molar-refractivity contribution in [1.82, 2.24) is 20.3 Å². The van der Waals surface area contributed by atoms with Crippen LogP contribution in [0.15, 0.2) is 6.20 Å². The van der Waals surface area contributed by atoms with Gasteiger partial charge in [-0.05, 0) is 19.4 Å². The molecule has 1 aliphatic heterocycles. The molecule has 1 fully saturated rings. The molecule has 2 heterocycles. The van der Waals surface area contributed by atoms with Crippen LogP contribution in [0, 0.1) is 0 Å². The summed E-state index contributed by atoms with van der Waals surface area (Å²) in [6.45, 7) is 1.11. The first-order valence-electron chi connectivity index (χ1n) is 4.46. The van der Waals surface area contributed by atoms with Crippen molar-refractivity contribution >= 4 is 0 Å². The van der Waals surface area contributed by atoms with Crippen LogP contribution in [-0.2, 0) is 7.05 Å². The van der Waals surface area contributed by atoms with Gasteiger partial charge in [0.05, 0.1) is 17.9 Å². The van der Waals surface area contributed by atoms with Crippen LogP contribution < -0.4 is 5.32 Å². The number of piperidine rings is 1. The summed E-state index contributed by atoms with van der Waals surface area (Å²) in [5.74, 6) is 0. The standard InChI is InChI=1S/C8H14N4/c1-12-10-6-8(11-12)7-4-2-3-5-9-7/h6-7,9H,2-5H2,1H3. The van der Waals surface area contributed by atoms with Crippen LogP contribution in [0.2, 0.25) is 0 Å². The topological polar surface area (TPSA) is 42.7 Å². The summed E-state index contributed by atoms with van der Waals surface area (Å²) in [6.07, 6.45) is 5.63. The molecule has 1 atom stereocenters. The van der Waals surface area contributed by atoms with Gasteiger partial charge in [-0.15, -0.1) is 0 Å². The van der Waals surface area contributed by atoms with E-state index in [0.29, 0.717) is 6.04 Å². The van der Waals surface area contributed by atoms with Crippen LogP contribution in [0.1, 0.15) is 31.0 Å². The van der Waals surface area contributed by atoms with Crippen molar-refractivity contribution in [3.63, 3.8) is 0 Å². The lowest BCUT2D eigenvalue weighted by molar-refractivity contribution is 0.402. The molecular weight excluding hydrogens is 152 g/mol. The third-order valence-electron chi connectivity index (χ3n) is 2.28. The van der Waals surface area contributed by atoms with Gasteiger partial charge in [0.25, 0.3) is 0 Å². The third kappa shape index (κ3) is 1.48. The molecule has 0 radical (unpaired) electrons. The van der Waals surface area contributed by atoms with Gasteiger partial charge in [-0.2, -0.15) is 15.0 Å². The molecule has 1 aromatic rings. The average molecular weight is 166 g/mol. The first-order valence-corrected chi connectivity index (χ1v) is 4.46. The Hall–Kier alpha value is -0.900. The highest BCUT2D eigenvalue weighted by atomic mass is 15.4. The Balaban J connectivity index is 2.08. The molecule has 0 spiro atoms. The van der Waals surface area contributed by atoms with E-state index in [9.17, 15) is 0 Å². The molecule has 0 aliphatic carbocycles. The van der Waals surface area contributed by atoms with E-state index in [2.05, 4.69) is 15.5 Å². The van der Waals surface area contributed by atoms with Crippen molar-refractivity contribution in [3.05, 3.63) is 11.9 Å². The summed E-state index contributed by atoms with van der Waals surface area (Å²) in [7, 11) is 1.85. The Kier molecular flexibility index (Phi) is 2.08. The van der Waals surface area contributed by atoms with Gasteiger partial charge in [0.1, 0.15) is 0 Å². The van der Waals surface area contributed by atoms with Gasteiger partial charge in [-0.25, -0.2) is 0 Å². The highest BCUT2D eigenvalue weighted by Crippen LogP contribution is 2.19. The van der Waals surface area contributed by atoms with Crippen molar-refractivity contribution in [1.29, 1.82) is 0 Å². The van der Waals surface area contributed by atoms with Crippen LogP contribution in [-0.4, -0.2) is 21.5 Å². The Labute approximate surface area is 72.0 Å². The van der Waals surface area contributed by atoms with E-state index in [1.54, 1.807) is 4.80 Å². The SMILES string of the molecule is Cn1ncc(C2CCCCN2)n1. The fourth-order valence-corrected chi connectivity index (χ4v) is 1.63. The van der Waals surface area contributed by atoms with Gasteiger partial charge < -0.3 is 5.32 Å². The van der Waals surface area contributed by atoms with Crippen molar-refractivity contribution in [3.8, 4) is 0 Å². The second kappa shape index (κ2) is 3.23. The molecule has 0 saturated carbocycles. The van der Waals surface area contributed by atoms with E-state index in [4.69, 9.17) is 0 Å². The minimum atomic E-state index is 0.437. The second-order valence-electron chi connectivity index (χ2n) is 3.26. The van der Waals surface area contributed by atoms with E-state index in [-0.39, 0.29) is 0 Å². The number of nitrogens with zero attached hydrogens (tertiary/aromatic N) is 3. The summed E-state index contributed by atoms with van der Waals surface area (Å²) in [6, 6.07) is 0.437. The summed E-state index contributed by atoms with van der Waals surface area (Å²) in [5, 5.41) is 11.8. The molecule has 1 aliphatic rings. The molecule has 0 amide bonds. The second-order valence-corrected chi connectivity index (χ2v) is 3.26. The minimum absolute atomic E-state index is 0.437. The lowest BCUT2D eigenvalue weighted by Gasteiger charge is -2.20. The van der Waals surface area contributed by atoms with E-state index in [1.165, 1.54) is 19.3 Å². The predicted molar refractivity (Wildman–Crippen MR) is 45.6 cm³/mol. The van der Waals surface area contributed by atoms with Gasteiger partial charge >= 0.3 is 0 Å². The monoisotopic (exact) mass is 166 g/mol. The maximum absolute atomic E-state index is 4.28. The third-order valence-corrected chi connectivity index (χ3v) is 2.28. The highest BCUT2D eigenvalue weighted by molar-refractivity contribution is 5.00. The molecule has 2 rings (SSSR count). The van der Waals surface area contributed by atoms with Crippen molar-refractivity contribution in [2.24, 2.45) is 7.05 Å². The number of rotatable bonds is 1. The Bertz CT molecular complexity index is 249. The maximum atomic E-state index is 4.28. The van der Waals surface area contributed by atoms with Crippen molar-refractivity contribution in [2.45, 2.75) is 25.3 Å². The molecular formula is C8H14N4. The number of aryl methyl sites for hydroxylation is 1. The number of hydrogen-bond acceptors (Lipinski definition) is 3. The number of hydrogen-bond donors (Lipinski definition) is 1. The number of aromatic nitrogens is 3. The molecule has 66 valence electrons. The molecule has 0 aromatic carbocycles. The van der Waals surface area contributed by atoms with E-state index in [1.807, 2.05) is 13.2 Å². The Morgan fingerprint density at radius 2 is 2.50 bits per heavy atom. The first kappa shape index (κ1) is 7.73. The zero-order chi connectivity index (χ0) is 8.39. The fraction of sp³-hybridized carbons (Fsp3) is 0.750. The lowest BCUT2D eigenvalue weighted by atomic mass is 10.0. The van der Waals surface area contributed by atoms with Crippen LogP contribution in [0.4, 0.5) is 0 Å². The summed E-state index contributed by atoms with van der Waals surface area (Å²) >= 11 is 0. The van der Waals surface area contributed by atoms with E-state index >= 15 is 0 Å². The average Bonchev–Trinajstić information content (AvgIpc) is 2.54. The normalized spacial score (nSPS) is 24.2. The molecule has 4 heteroatoms. The van der Waals surface area contributed by atoms with E-state index in [0.717, 1.165) is 12.2 Å². The lowest BCUT2D eigenvalue weighted by Crippen LogP contribution is -2.27. The zero-order valence-electron chi connectivity index (χ0n) is 7.32. The van der Waals surface area contributed by atoms with Crippen LogP contribution in [0.5, 0.6) is 0 Å². The van der Waals surface area contributed by atoms with Gasteiger partial charge in [-0.3, -0.25) is 0 Å². The maximum Gasteiger partial charge on any atom is 0.0996 e. The number of nitrogens with one attached hydrogen (secondary N) is 1. The van der Waals surface area contributed by atoms with Gasteiger partial charge in [0.2, 0.25) is 0 Å². The molecule has 1 N–H and O–H groups in total. The smallest absolute Gasteiger partial charge is 0.0996 e. The molecule has 1 aromatic heterocycles. The van der Waals surface area contributed by atoms with Crippen molar-refractivity contribution in [2.75, 3.05) is 6.54 Å². The Morgan fingerprint density at radius 3 is 3.08 bits per heavy atom. The first-order chi connectivity index (χ1) is 5.86. The predicted octanol–water partition coefficient (Wildman–Crippen LogP) is 0.630. The van der Waals surface area contributed by atoms with E-state index < -0.39 is 0 Å². The summed E-state index contributed by atoms with van der Waals surface area (Å²) in [5.41, 5.74) is 1.08. The van der Waals surface area contributed by atoms with Crippen LogP contribution in [0.3, 0.4) is 0 Å². The molecule has 1 saturated heterocycles. The van der Waals surface area contributed by atoms with Gasteiger partial charge in [-0.1, -0.05) is 6.42 Å². The zero-order valence-corrected chi connectivity index (χ0v) is 7.32.